The Balaban J connectivity index is 1.28. The minimum atomic E-state index is 0.0514. The molecular weight excluding hydrogens is 416 g/mol. The highest BCUT2D eigenvalue weighted by Gasteiger charge is 2.29. The third-order valence-corrected chi connectivity index (χ3v) is 6.00. The number of nitrogens with zero attached hydrogens (tertiary/aromatic N) is 5. The first kappa shape index (κ1) is 20.9. The van der Waals surface area contributed by atoms with Gasteiger partial charge in [-0.3, -0.25) is 9.78 Å². The van der Waals surface area contributed by atoms with Gasteiger partial charge in [0.2, 0.25) is 5.91 Å². The quantitative estimate of drug-likeness (QED) is 0.487. The number of carbonyl (C=O) groups excluding carboxylic acids is 1. The van der Waals surface area contributed by atoms with Gasteiger partial charge in [0.1, 0.15) is 17.8 Å². The van der Waals surface area contributed by atoms with Gasteiger partial charge in [-0.05, 0) is 49.7 Å². The number of likely N-dealkylation sites (tertiary alicyclic amines) is 1. The average Bonchev–Trinajstić information content (AvgIpc) is 3.47. The molecule has 0 saturated carbocycles. The van der Waals surface area contributed by atoms with Crippen LogP contribution in [0.2, 0.25) is 0 Å². The van der Waals surface area contributed by atoms with E-state index >= 15 is 0 Å². The fourth-order valence-corrected chi connectivity index (χ4v) is 4.33. The summed E-state index contributed by atoms with van der Waals surface area (Å²) in [7, 11) is 1.66. The summed E-state index contributed by atoms with van der Waals surface area (Å²) in [5.74, 6) is 1.05. The molecule has 1 aliphatic heterocycles. The number of aromatic nitrogens is 4. The van der Waals surface area contributed by atoms with Crippen LogP contribution in [0.3, 0.4) is 0 Å². The lowest BCUT2D eigenvalue weighted by atomic mass is 10.0. The fourth-order valence-electron chi connectivity index (χ4n) is 4.33. The zero-order valence-corrected chi connectivity index (χ0v) is 18.7. The number of rotatable bonds is 6. The lowest BCUT2D eigenvalue weighted by Crippen LogP contribution is -2.32. The van der Waals surface area contributed by atoms with Crippen LogP contribution in [0.4, 0.5) is 11.4 Å². The van der Waals surface area contributed by atoms with Crippen molar-refractivity contribution in [3.8, 4) is 5.75 Å². The molecule has 3 heterocycles. The molecule has 4 aromatic rings. The van der Waals surface area contributed by atoms with Gasteiger partial charge in [0.25, 0.3) is 0 Å². The Labute approximate surface area is 192 Å². The van der Waals surface area contributed by atoms with Gasteiger partial charge in [-0.2, -0.15) is 0 Å². The Hall–Kier alpha value is -3.94. The maximum Gasteiger partial charge on any atom is 0.244 e. The molecule has 0 bridgehead atoms. The monoisotopic (exact) mass is 442 g/mol. The van der Waals surface area contributed by atoms with Crippen molar-refractivity contribution in [2.24, 2.45) is 0 Å². The smallest absolute Gasteiger partial charge is 0.244 e. The second kappa shape index (κ2) is 8.90. The standard InChI is InChI=1S/C25H26N6O2/c1-17-12-20(27-19-6-5-7-21(13-19)33-2)14-23(26-17)18-10-11-30(15-18)25(32)16-31-24-9-4-3-8-22(24)28-29-31/h3-9,12-14,18H,10-11,15-16H2,1-2H3,(H,26,27). The molecule has 1 amide bonds. The third kappa shape index (κ3) is 4.50. The maximum absolute atomic E-state index is 13.0. The van der Waals surface area contributed by atoms with E-state index in [1.165, 1.54) is 0 Å². The van der Waals surface area contributed by atoms with E-state index in [1.54, 1.807) is 11.8 Å². The van der Waals surface area contributed by atoms with E-state index in [9.17, 15) is 4.79 Å². The molecule has 5 rings (SSSR count). The van der Waals surface area contributed by atoms with Gasteiger partial charge in [-0.15, -0.1) is 5.10 Å². The second-order valence-electron chi connectivity index (χ2n) is 8.34. The molecule has 2 aromatic heterocycles. The molecule has 1 atom stereocenters. The number of anilines is 2. The van der Waals surface area contributed by atoms with Gasteiger partial charge in [-0.25, -0.2) is 4.68 Å². The van der Waals surface area contributed by atoms with E-state index in [1.807, 2.05) is 66.4 Å². The molecule has 0 aliphatic carbocycles. The van der Waals surface area contributed by atoms with Gasteiger partial charge in [-0.1, -0.05) is 23.4 Å². The minimum absolute atomic E-state index is 0.0514. The van der Waals surface area contributed by atoms with Crippen molar-refractivity contribution in [1.29, 1.82) is 0 Å². The Morgan fingerprint density at radius 1 is 1.12 bits per heavy atom. The zero-order chi connectivity index (χ0) is 22.8. The van der Waals surface area contributed by atoms with E-state index in [-0.39, 0.29) is 18.4 Å². The molecule has 33 heavy (non-hydrogen) atoms. The van der Waals surface area contributed by atoms with Crippen LogP contribution in [0.15, 0.2) is 60.7 Å². The van der Waals surface area contributed by atoms with Crippen molar-refractivity contribution in [3.05, 3.63) is 72.1 Å². The van der Waals surface area contributed by atoms with Crippen LogP contribution < -0.4 is 10.1 Å². The number of amides is 1. The van der Waals surface area contributed by atoms with Gasteiger partial charge in [0.15, 0.2) is 0 Å². The van der Waals surface area contributed by atoms with Crippen LogP contribution in [-0.2, 0) is 11.3 Å². The first-order chi connectivity index (χ1) is 16.1. The molecule has 0 radical (unpaired) electrons. The lowest BCUT2D eigenvalue weighted by molar-refractivity contribution is -0.130. The van der Waals surface area contributed by atoms with Crippen molar-refractivity contribution in [1.82, 2.24) is 24.9 Å². The van der Waals surface area contributed by atoms with Crippen LogP contribution in [-0.4, -0.2) is 51.0 Å². The number of methoxy groups -OCH3 is 1. The molecule has 1 saturated heterocycles. The molecule has 8 nitrogen and oxygen atoms in total. The molecule has 1 aliphatic rings. The van der Waals surface area contributed by atoms with Gasteiger partial charge >= 0.3 is 0 Å². The molecule has 2 aromatic carbocycles. The molecule has 0 spiro atoms. The normalized spacial score (nSPS) is 15.7. The third-order valence-electron chi connectivity index (χ3n) is 6.00. The van der Waals surface area contributed by atoms with Crippen molar-refractivity contribution < 1.29 is 9.53 Å². The summed E-state index contributed by atoms with van der Waals surface area (Å²) in [5, 5.41) is 11.7. The predicted octanol–water partition coefficient (Wildman–Crippen LogP) is 3.90. The number of aryl methyl sites for hydroxylation is 1. The predicted molar refractivity (Wildman–Crippen MR) is 127 cm³/mol. The largest absolute Gasteiger partial charge is 0.497 e. The number of pyridine rings is 1. The summed E-state index contributed by atoms with van der Waals surface area (Å²) in [6.07, 6.45) is 0.888. The summed E-state index contributed by atoms with van der Waals surface area (Å²) in [6.45, 7) is 3.55. The summed E-state index contributed by atoms with van der Waals surface area (Å²) in [6, 6.07) is 19.6. The molecule has 1 fully saturated rings. The first-order valence-electron chi connectivity index (χ1n) is 11.0. The number of benzene rings is 2. The SMILES string of the molecule is COc1cccc(Nc2cc(C)nc(C3CCN(C(=O)Cn4nnc5ccccc54)C3)c2)c1. The molecule has 8 heteroatoms. The molecule has 1 unspecified atom stereocenters. The van der Waals surface area contributed by atoms with Crippen LogP contribution >= 0.6 is 0 Å². The van der Waals surface area contributed by atoms with Crippen LogP contribution in [0.1, 0.15) is 23.7 Å². The second-order valence-corrected chi connectivity index (χ2v) is 8.34. The van der Waals surface area contributed by atoms with Crippen molar-refractivity contribution in [2.45, 2.75) is 25.8 Å². The average molecular weight is 443 g/mol. The van der Waals surface area contributed by atoms with E-state index in [2.05, 4.69) is 21.7 Å². The van der Waals surface area contributed by atoms with Crippen LogP contribution in [0.25, 0.3) is 11.0 Å². The Bertz CT molecular complexity index is 1300. The van der Waals surface area contributed by atoms with E-state index in [4.69, 9.17) is 9.72 Å². The van der Waals surface area contributed by atoms with Crippen LogP contribution in [0.5, 0.6) is 5.75 Å². The van der Waals surface area contributed by atoms with Crippen molar-refractivity contribution >= 4 is 28.3 Å². The Morgan fingerprint density at radius 2 is 2.00 bits per heavy atom. The molecule has 168 valence electrons. The number of para-hydroxylation sites is 1. The lowest BCUT2D eigenvalue weighted by Gasteiger charge is -2.17. The van der Waals surface area contributed by atoms with E-state index in [0.717, 1.165) is 46.0 Å². The van der Waals surface area contributed by atoms with Crippen molar-refractivity contribution in [2.75, 3.05) is 25.5 Å². The highest BCUT2D eigenvalue weighted by Crippen LogP contribution is 2.30. The Morgan fingerprint density at radius 3 is 2.88 bits per heavy atom. The fraction of sp³-hybridized carbons (Fsp3) is 0.280. The highest BCUT2D eigenvalue weighted by atomic mass is 16.5. The van der Waals surface area contributed by atoms with Crippen LogP contribution in [0, 0.1) is 6.92 Å². The van der Waals surface area contributed by atoms with Gasteiger partial charge in [0.05, 0.1) is 12.6 Å². The van der Waals surface area contributed by atoms with Gasteiger partial charge in [0, 0.05) is 47.8 Å². The van der Waals surface area contributed by atoms with Crippen molar-refractivity contribution in [3.63, 3.8) is 0 Å². The maximum atomic E-state index is 13.0. The summed E-state index contributed by atoms with van der Waals surface area (Å²) in [4.78, 5) is 19.6. The number of hydrogen-bond donors (Lipinski definition) is 1. The van der Waals surface area contributed by atoms with Gasteiger partial charge < -0.3 is 15.0 Å². The molecule has 1 N–H and O–H groups in total. The number of ether oxygens (including phenoxy) is 1. The topological polar surface area (TPSA) is 85.2 Å². The minimum Gasteiger partial charge on any atom is -0.497 e. The number of hydrogen-bond acceptors (Lipinski definition) is 6. The zero-order valence-electron chi connectivity index (χ0n) is 18.7. The summed E-state index contributed by atoms with van der Waals surface area (Å²) < 4.78 is 6.99. The first-order valence-corrected chi connectivity index (χ1v) is 11.0. The highest BCUT2D eigenvalue weighted by molar-refractivity contribution is 5.80. The number of fused-ring (bicyclic) bond motifs is 1. The number of nitrogens with one attached hydrogen (secondary N) is 1. The Kier molecular flexibility index (Phi) is 5.64. The summed E-state index contributed by atoms with van der Waals surface area (Å²) >= 11 is 0. The number of carbonyl (C=O) groups is 1. The summed E-state index contributed by atoms with van der Waals surface area (Å²) in [5.41, 5.74) is 5.54. The van der Waals surface area contributed by atoms with E-state index < -0.39 is 0 Å². The van der Waals surface area contributed by atoms with E-state index in [0.29, 0.717) is 13.1 Å². The molecular formula is C25H26N6O2.